The first kappa shape index (κ1) is 13.9. The van der Waals surface area contributed by atoms with Crippen LogP contribution in [-0.4, -0.2) is 10.8 Å². The van der Waals surface area contributed by atoms with Crippen molar-refractivity contribution in [3.63, 3.8) is 0 Å². The van der Waals surface area contributed by atoms with Gasteiger partial charge in [0.15, 0.2) is 0 Å². The summed E-state index contributed by atoms with van der Waals surface area (Å²) < 4.78 is 0. The Kier molecular flexibility index (Phi) is 7.28. The highest BCUT2D eigenvalue weighted by Gasteiger charge is 2.02. The van der Waals surface area contributed by atoms with E-state index in [9.17, 15) is 4.79 Å². The van der Waals surface area contributed by atoms with E-state index in [2.05, 4.69) is 11.9 Å². The fourth-order valence-corrected chi connectivity index (χ4v) is 1.88. The van der Waals surface area contributed by atoms with Crippen molar-refractivity contribution in [1.29, 1.82) is 0 Å². The average Bonchev–Trinajstić information content (AvgIpc) is 2.37. The van der Waals surface area contributed by atoms with Crippen LogP contribution in [0.3, 0.4) is 0 Å². The number of Topliss-reactive ketones (excluding diaryl/α,β-unsaturated/α-hetero) is 1. The van der Waals surface area contributed by atoms with E-state index in [0.717, 1.165) is 24.8 Å². The van der Waals surface area contributed by atoms with E-state index in [1.165, 1.54) is 25.7 Å². The van der Waals surface area contributed by atoms with Gasteiger partial charge < -0.3 is 0 Å². The van der Waals surface area contributed by atoms with E-state index < -0.39 is 0 Å². The minimum atomic E-state index is 0.394. The Balaban J connectivity index is 2.05. The zero-order chi connectivity index (χ0) is 12.3. The number of unbranched alkanes of at least 4 members (excludes halogenated alkanes) is 4. The van der Waals surface area contributed by atoms with Gasteiger partial charge in [0, 0.05) is 25.2 Å². The second-order valence-corrected chi connectivity index (χ2v) is 4.56. The summed E-state index contributed by atoms with van der Waals surface area (Å²) in [5, 5.41) is 0. The summed E-state index contributed by atoms with van der Waals surface area (Å²) >= 11 is 0. The molecule has 0 amide bonds. The Hall–Kier alpha value is -1.18. The van der Waals surface area contributed by atoms with Crippen molar-refractivity contribution in [3.05, 3.63) is 30.1 Å². The molecule has 0 saturated heterocycles. The van der Waals surface area contributed by atoms with Crippen LogP contribution in [0, 0.1) is 0 Å². The fraction of sp³-hybridized carbons (Fsp3) is 0.600. The molecule has 0 aromatic carbocycles. The molecule has 2 heteroatoms. The first-order valence-electron chi connectivity index (χ1n) is 6.73. The summed E-state index contributed by atoms with van der Waals surface area (Å²) in [6.07, 6.45) is 11.9. The zero-order valence-corrected chi connectivity index (χ0v) is 10.8. The van der Waals surface area contributed by atoms with Crippen molar-refractivity contribution in [2.75, 3.05) is 0 Å². The van der Waals surface area contributed by atoms with E-state index in [1.54, 1.807) is 6.20 Å². The van der Waals surface area contributed by atoms with E-state index in [0.29, 0.717) is 12.2 Å². The molecular weight excluding hydrogens is 210 g/mol. The van der Waals surface area contributed by atoms with Gasteiger partial charge in [-0.2, -0.15) is 0 Å². The highest BCUT2D eigenvalue weighted by atomic mass is 16.1. The fourth-order valence-electron chi connectivity index (χ4n) is 1.88. The lowest BCUT2D eigenvalue weighted by atomic mass is 10.0. The molecule has 0 N–H and O–H groups in total. The van der Waals surface area contributed by atoms with Gasteiger partial charge in [-0.15, -0.1) is 0 Å². The third-order valence-corrected chi connectivity index (χ3v) is 2.97. The highest BCUT2D eigenvalue weighted by Crippen LogP contribution is 2.08. The number of carbonyl (C=O) groups excluding carboxylic acids is 1. The van der Waals surface area contributed by atoms with Crippen LogP contribution in [0.15, 0.2) is 24.5 Å². The predicted molar refractivity (Wildman–Crippen MR) is 70.9 cm³/mol. The number of ketones is 1. The minimum Gasteiger partial charge on any atom is -0.300 e. The van der Waals surface area contributed by atoms with Gasteiger partial charge in [0.2, 0.25) is 0 Å². The summed E-state index contributed by atoms with van der Waals surface area (Å²) in [4.78, 5) is 15.7. The lowest BCUT2D eigenvalue weighted by molar-refractivity contribution is -0.119. The predicted octanol–water partition coefficient (Wildman–Crippen LogP) is 3.94. The highest BCUT2D eigenvalue weighted by molar-refractivity contribution is 5.78. The van der Waals surface area contributed by atoms with Gasteiger partial charge in [0.25, 0.3) is 0 Å². The van der Waals surface area contributed by atoms with Gasteiger partial charge in [-0.1, -0.05) is 38.7 Å². The van der Waals surface area contributed by atoms with Gasteiger partial charge in [-0.3, -0.25) is 9.78 Å². The monoisotopic (exact) mass is 233 g/mol. The maximum atomic E-state index is 11.6. The molecule has 0 saturated carbocycles. The number of nitrogens with zero attached hydrogens (tertiary/aromatic N) is 1. The van der Waals surface area contributed by atoms with Crippen molar-refractivity contribution >= 4 is 5.78 Å². The van der Waals surface area contributed by atoms with Gasteiger partial charge in [0.05, 0.1) is 0 Å². The van der Waals surface area contributed by atoms with Crippen LogP contribution in [0.25, 0.3) is 0 Å². The molecule has 0 unspecified atom stereocenters. The third-order valence-electron chi connectivity index (χ3n) is 2.97. The second-order valence-electron chi connectivity index (χ2n) is 4.56. The van der Waals surface area contributed by atoms with E-state index >= 15 is 0 Å². The van der Waals surface area contributed by atoms with Crippen LogP contribution in [0.2, 0.25) is 0 Å². The quantitative estimate of drug-likeness (QED) is 0.605. The molecule has 0 bridgehead atoms. The van der Waals surface area contributed by atoms with Crippen molar-refractivity contribution in [2.45, 2.75) is 58.3 Å². The number of rotatable bonds is 9. The number of aryl methyl sites for hydroxylation is 1. The number of carbonyl (C=O) groups is 1. The smallest absolute Gasteiger partial charge is 0.133 e. The Labute approximate surface area is 104 Å². The van der Waals surface area contributed by atoms with Crippen LogP contribution in [0.1, 0.15) is 57.4 Å². The maximum Gasteiger partial charge on any atom is 0.133 e. The summed E-state index contributed by atoms with van der Waals surface area (Å²) in [6.45, 7) is 2.21. The minimum absolute atomic E-state index is 0.394. The SMILES string of the molecule is CCCCCCCC(=O)CCc1cccnc1. The van der Waals surface area contributed by atoms with Crippen LogP contribution < -0.4 is 0 Å². The van der Waals surface area contributed by atoms with Crippen LogP contribution >= 0.6 is 0 Å². The maximum absolute atomic E-state index is 11.6. The zero-order valence-electron chi connectivity index (χ0n) is 10.8. The molecule has 94 valence electrons. The molecule has 0 aliphatic rings. The summed E-state index contributed by atoms with van der Waals surface area (Å²) in [5.41, 5.74) is 1.16. The summed E-state index contributed by atoms with van der Waals surface area (Å²) in [5.74, 6) is 0.394. The van der Waals surface area contributed by atoms with Crippen LogP contribution in [-0.2, 0) is 11.2 Å². The molecular formula is C15H23NO. The van der Waals surface area contributed by atoms with Crippen molar-refractivity contribution in [2.24, 2.45) is 0 Å². The van der Waals surface area contributed by atoms with Crippen molar-refractivity contribution in [3.8, 4) is 0 Å². The number of hydrogen-bond donors (Lipinski definition) is 0. The lowest BCUT2D eigenvalue weighted by Gasteiger charge is -2.01. The topological polar surface area (TPSA) is 30.0 Å². The third kappa shape index (κ3) is 6.88. The van der Waals surface area contributed by atoms with Gasteiger partial charge in [0.1, 0.15) is 5.78 Å². The second kappa shape index (κ2) is 8.91. The van der Waals surface area contributed by atoms with E-state index in [1.807, 2.05) is 18.3 Å². The molecule has 0 spiro atoms. The number of hydrogen-bond acceptors (Lipinski definition) is 2. The van der Waals surface area contributed by atoms with Gasteiger partial charge >= 0.3 is 0 Å². The Morgan fingerprint density at radius 3 is 2.71 bits per heavy atom. The average molecular weight is 233 g/mol. The molecule has 2 nitrogen and oxygen atoms in total. The molecule has 0 aliphatic heterocycles. The summed E-state index contributed by atoms with van der Waals surface area (Å²) in [7, 11) is 0. The van der Waals surface area contributed by atoms with Crippen molar-refractivity contribution in [1.82, 2.24) is 4.98 Å². The summed E-state index contributed by atoms with van der Waals surface area (Å²) in [6, 6.07) is 3.95. The largest absolute Gasteiger partial charge is 0.300 e. The van der Waals surface area contributed by atoms with Gasteiger partial charge in [-0.05, 0) is 24.5 Å². The number of aromatic nitrogens is 1. The molecule has 1 heterocycles. The molecule has 0 atom stereocenters. The first-order chi connectivity index (χ1) is 8.33. The molecule has 1 aromatic rings. The molecule has 0 aliphatic carbocycles. The molecule has 0 fully saturated rings. The lowest BCUT2D eigenvalue weighted by Crippen LogP contribution is -2.00. The normalized spacial score (nSPS) is 10.4. The van der Waals surface area contributed by atoms with Crippen LogP contribution in [0.5, 0.6) is 0 Å². The molecule has 17 heavy (non-hydrogen) atoms. The molecule has 1 aromatic heterocycles. The Morgan fingerprint density at radius 2 is 2.00 bits per heavy atom. The first-order valence-corrected chi connectivity index (χ1v) is 6.73. The number of pyridine rings is 1. The van der Waals surface area contributed by atoms with Crippen molar-refractivity contribution < 1.29 is 4.79 Å². The standard InChI is InChI=1S/C15H23NO/c1-2-3-4-5-6-9-15(17)11-10-14-8-7-12-16-13-14/h7-8,12-13H,2-6,9-11H2,1H3. The molecule has 1 rings (SSSR count). The van der Waals surface area contributed by atoms with Gasteiger partial charge in [-0.25, -0.2) is 0 Å². The van der Waals surface area contributed by atoms with Crippen LogP contribution in [0.4, 0.5) is 0 Å². The Morgan fingerprint density at radius 1 is 1.18 bits per heavy atom. The van der Waals surface area contributed by atoms with E-state index in [-0.39, 0.29) is 0 Å². The Bertz CT molecular complexity index is 308. The molecule has 0 radical (unpaired) electrons. The van der Waals surface area contributed by atoms with E-state index in [4.69, 9.17) is 0 Å².